The van der Waals surface area contributed by atoms with Crippen molar-refractivity contribution >= 4 is 11.9 Å². The van der Waals surface area contributed by atoms with Gasteiger partial charge in [-0.05, 0) is 70.6 Å². The maximum absolute atomic E-state index is 13.1. The molecule has 6 heteroatoms. The van der Waals surface area contributed by atoms with Gasteiger partial charge in [0.05, 0.1) is 25.2 Å². The van der Waals surface area contributed by atoms with Gasteiger partial charge in [-0.2, -0.15) is 0 Å². The van der Waals surface area contributed by atoms with Gasteiger partial charge in [0, 0.05) is 6.42 Å². The summed E-state index contributed by atoms with van der Waals surface area (Å²) in [7, 11) is 0. The molecule has 6 nitrogen and oxygen atoms in total. The van der Waals surface area contributed by atoms with Gasteiger partial charge in [0.15, 0.2) is 0 Å². The number of rotatable bonds is 44. The van der Waals surface area contributed by atoms with Crippen LogP contribution in [0.3, 0.4) is 0 Å². The average molecular weight is 802 g/mol. The Kier molecular flexibility index (Phi) is 43.6. The highest BCUT2D eigenvalue weighted by atomic mass is 16.5. The number of carbonyl (C=O) groups excluding carboxylic acids is 2. The molecule has 0 saturated carbocycles. The molecule has 3 unspecified atom stereocenters. The number of aliphatic hydroxyl groups is 2. The molecular weight excluding hydrogens is 707 g/mol. The third kappa shape index (κ3) is 40.6. The first-order valence-electron chi connectivity index (χ1n) is 24.7. The van der Waals surface area contributed by atoms with E-state index in [1.54, 1.807) is 0 Å². The summed E-state index contributed by atoms with van der Waals surface area (Å²) in [6, 6.07) is -0.705. The standard InChI is InChI=1S/C51H95NO5/c1-4-7-10-13-16-19-21-23-25-27-29-31-34-37-40-43-49(54)48(46-53)52-50(55)45-47(42-39-36-33-18-15-12-9-6-3)57-51(56)44-41-38-35-32-30-28-26-24-22-20-17-14-11-8-5-2/h12,15,17,20,22,24,47-49,53-54H,4-11,13-14,16,18-19,21,23,25-46H2,1-3H3,(H,52,55)/b15-12-,20-17+,24-22+. The molecule has 0 aromatic rings. The highest BCUT2D eigenvalue weighted by molar-refractivity contribution is 5.77. The van der Waals surface area contributed by atoms with E-state index in [0.29, 0.717) is 19.3 Å². The second-order valence-electron chi connectivity index (χ2n) is 16.9. The zero-order chi connectivity index (χ0) is 41.7. The van der Waals surface area contributed by atoms with Gasteiger partial charge in [-0.25, -0.2) is 0 Å². The van der Waals surface area contributed by atoms with Crippen molar-refractivity contribution in [1.29, 1.82) is 0 Å². The Bertz CT molecular complexity index is 946. The number of hydrogen-bond acceptors (Lipinski definition) is 5. The van der Waals surface area contributed by atoms with Crippen LogP contribution in [0.25, 0.3) is 0 Å². The summed E-state index contributed by atoms with van der Waals surface area (Å²) in [5.41, 5.74) is 0. The highest BCUT2D eigenvalue weighted by Crippen LogP contribution is 2.17. The van der Waals surface area contributed by atoms with Crippen LogP contribution in [-0.4, -0.2) is 46.9 Å². The Labute approximate surface area is 353 Å². The molecule has 57 heavy (non-hydrogen) atoms. The molecule has 0 aliphatic heterocycles. The van der Waals surface area contributed by atoms with Gasteiger partial charge in [0.1, 0.15) is 6.10 Å². The molecule has 1 amide bonds. The van der Waals surface area contributed by atoms with Gasteiger partial charge in [-0.15, -0.1) is 0 Å². The number of ether oxygens (including phenoxy) is 1. The molecule has 0 spiro atoms. The Morgan fingerprint density at radius 2 is 0.930 bits per heavy atom. The Morgan fingerprint density at radius 1 is 0.509 bits per heavy atom. The minimum atomic E-state index is -0.790. The molecule has 0 aromatic carbocycles. The van der Waals surface area contributed by atoms with E-state index in [1.165, 1.54) is 122 Å². The number of aliphatic hydroxyl groups excluding tert-OH is 2. The average Bonchev–Trinajstić information content (AvgIpc) is 3.20. The normalized spacial score (nSPS) is 13.6. The predicted molar refractivity (Wildman–Crippen MR) is 246 cm³/mol. The van der Waals surface area contributed by atoms with Crippen LogP contribution < -0.4 is 5.32 Å². The summed E-state index contributed by atoms with van der Waals surface area (Å²) in [4.78, 5) is 26.0. The van der Waals surface area contributed by atoms with Crippen molar-refractivity contribution in [3.63, 3.8) is 0 Å². The van der Waals surface area contributed by atoms with Crippen molar-refractivity contribution in [1.82, 2.24) is 5.32 Å². The fraction of sp³-hybridized carbons (Fsp3) is 0.843. The van der Waals surface area contributed by atoms with Crippen molar-refractivity contribution in [2.45, 2.75) is 270 Å². The van der Waals surface area contributed by atoms with Gasteiger partial charge < -0.3 is 20.3 Å². The Hall–Kier alpha value is -1.92. The van der Waals surface area contributed by atoms with E-state index < -0.39 is 18.2 Å². The van der Waals surface area contributed by atoms with Crippen LogP contribution in [0.4, 0.5) is 0 Å². The van der Waals surface area contributed by atoms with Gasteiger partial charge in [-0.1, -0.05) is 205 Å². The topological polar surface area (TPSA) is 95.9 Å². The summed E-state index contributed by atoms with van der Waals surface area (Å²) < 4.78 is 5.88. The lowest BCUT2D eigenvalue weighted by Gasteiger charge is -2.24. The largest absolute Gasteiger partial charge is 0.462 e. The summed E-state index contributed by atoms with van der Waals surface area (Å²) in [5.74, 6) is -0.502. The maximum Gasteiger partial charge on any atom is 0.306 e. The zero-order valence-electron chi connectivity index (χ0n) is 38.0. The second kappa shape index (κ2) is 45.2. The minimum Gasteiger partial charge on any atom is -0.462 e. The van der Waals surface area contributed by atoms with Crippen molar-refractivity contribution in [2.75, 3.05) is 6.61 Å². The van der Waals surface area contributed by atoms with E-state index in [0.717, 1.165) is 83.5 Å². The van der Waals surface area contributed by atoms with E-state index in [4.69, 9.17) is 4.74 Å². The number of unbranched alkanes of at least 4 members (excludes halogenated alkanes) is 27. The van der Waals surface area contributed by atoms with Crippen LogP contribution in [0.1, 0.15) is 252 Å². The summed E-state index contributed by atoms with van der Waals surface area (Å²) >= 11 is 0. The van der Waals surface area contributed by atoms with Crippen LogP contribution in [0.15, 0.2) is 36.5 Å². The molecular formula is C51H95NO5. The van der Waals surface area contributed by atoms with Gasteiger partial charge in [-0.3, -0.25) is 9.59 Å². The van der Waals surface area contributed by atoms with Gasteiger partial charge in [0.2, 0.25) is 5.91 Å². The molecule has 0 aliphatic rings. The number of nitrogens with one attached hydrogen (secondary N) is 1. The quantitative estimate of drug-likeness (QED) is 0.0247. The molecule has 0 fully saturated rings. The first-order valence-corrected chi connectivity index (χ1v) is 24.7. The monoisotopic (exact) mass is 802 g/mol. The molecule has 3 atom stereocenters. The molecule has 0 aromatic heterocycles. The number of esters is 1. The SMILES string of the molecule is CCC/C=C\CCCCCC(CC(=O)NC(CO)C(O)CCCCCCCCCCCCCCCCC)OC(=O)CCCCCCCC/C=C/C=C/CCCCC. The molecule has 334 valence electrons. The second-order valence-corrected chi connectivity index (χ2v) is 16.9. The van der Waals surface area contributed by atoms with Crippen molar-refractivity contribution in [2.24, 2.45) is 0 Å². The van der Waals surface area contributed by atoms with Crippen LogP contribution in [-0.2, 0) is 14.3 Å². The fourth-order valence-corrected chi connectivity index (χ4v) is 7.42. The van der Waals surface area contributed by atoms with E-state index >= 15 is 0 Å². The lowest BCUT2D eigenvalue weighted by Crippen LogP contribution is -2.46. The number of amides is 1. The van der Waals surface area contributed by atoms with Gasteiger partial charge >= 0.3 is 5.97 Å². The van der Waals surface area contributed by atoms with Crippen LogP contribution in [0.2, 0.25) is 0 Å². The predicted octanol–water partition coefficient (Wildman–Crippen LogP) is 14.5. The minimum absolute atomic E-state index is 0.0629. The van der Waals surface area contributed by atoms with Crippen molar-refractivity contribution < 1.29 is 24.5 Å². The van der Waals surface area contributed by atoms with Crippen LogP contribution in [0.5, 0.6) is 0 Å². The molecule has 0 aliphatic carbocycles. The first-order chi connectivity index (χ1) is 28.0. The van der Waals surface area contributed by atoms with Crippen molar-refractivity contribution in [3.8, 4) is 0 Å². The Morgan fingerprint density at radius 3 is 1.47 bits per heavy atom. The number of hydrogen-bond donors (Lipinski definition) is 3. The van der Waals surface area contributed by atoms with Crippen LogP contribution >= 0.6 is 0 Å². The number of allylic oxidation sites excluding steroid dienone is 6. The van der Waals surface area contributed by atoms with E-state index in [2.05, 4.69) is 62.5 Å². The molecule has 0 saturated heterocycles. The van der Waals surface area contributed by atoms with E-state index in [-0.39, 0.29) is 24.9 Å². The number of carbonyl (C=O) groups is 2. The maximum atomic E-state index is 13.1. The zero-order valence-corrected chi connectivity index (χ0v) is 38.0. The highest BCUT2D eigenvalue weighted by Gasteiger charge is 2.24. The van der Waals surface area contributed by atoms with E-state index in [1.807, 2.05) is 0 Å². The fourth-order valence-electron chi connectivity index (χ4n) is 7.42. The molecule has 0 rings (SSSR count). The smallest absolute Gasteiger partial charge is 0.306 e. The molecule has 0 bridgehead atoms. The molecule has 3 N–H and O–H groups in total. The van der Waals surface area contributed by atoms with E-state index in [9.17, 15) is 19.8 Å². The first kappa shape index (κ1) is 55.1. The summed E-state index contributed by atoms with van der Waals surface area (Å²) in [6.07, 6.45) is 52.1. The summed E-state index contributed by atoms with van der Waals surface area (Å²) in [5, 5.41) is 23.7. The molecule has 0 heterocycles. The third-order valence-corrected chi connectivity index (χ3v) is 11.2. The lowest BCUT2D eigenvalue weighted by molar-refractivity contribution is -0.151. The lowest BCUT2D eigenvalue weighted by atomic mass is 10.0. The van der Waals surface area contributed by atoms with Crippen molar-refractivity contribution in [3.05, 3.63) is 36.5 Å². The Balaban J connectivity index is 4.44. The van der Waals surface area contributed by atoms with Crippen LogP contribution in [0, 0.1) is 0 Å². The van der Waals surface area contributed by atoms with Gasteiger partial charge in [0.25, 0.3) is 0 Å². The summed E-state index contributed by atoms with van der Waals surface area (Å²) in [6.45, 7) is 6.38. The molecule has 0 radical (unpaired) electrons. The third-order valence-electron chi connectivity index (χ3n) is 11.2.